The lowest BCUT2D eigenvalue weighted by molar-refractivity contribution is 0.425. The highest BCUT2D eigenvalue weighted by Gasteiger charge is 2.18. The van der Waals surface area contributed by atoms with Crippen molar-refractivity contribution in [3.63, 3.8) is 0 Å². The molecule has 0 saturated carbocycles. The van der Waals surface area contributed by atoms with Crippen molar-refractivity contribution in [3.8, 4) is 0 Å². The minimum absolute atomic E-state index is 0.0716. The summed E-state index contributed by atoms with van der Waals surface area (Å²) in [5, 5.41) is 22.1. The molecule has 0 amide bonds. The molecule has 0 heterocycles. The van der Waals surface area contributed by atoms with Crippen LogP contribution in [0.1, 0.15) is 5.56 Å². The van der Waals surface area contributed by atoms with E-state index in [-0.39, 0.29) is 11.0 Å². The van der Waals surface area contributed by atoms with Gasteiger partial charge in [-0.25, -0.2) is 8.78 Å². The maximum absolute atomic E-state index is 13.2. The first-order valence-electron chi connectivity index (χ1n) is 5.77. The predicted molar refractivity (Wildman–Crippen MR) is 73.8 cm³/mol. The fraction of sp³-hybridized carbons (Fsp3) is 0. The van der Waals surface area contributed by atoms with Crippen molar-refractivity contribution in [2.24, 2.45) is 5.10 Å². The van der Waals surface area contributed by atoms with Crippen LogP contribution in [-0.2, 0) is 0 Å². The Hall–Kier alpha value is -2.25. The summed E-state index contributed by atoms with van der Waals surface area (Å²) < 4.78 is 26.2. The van der Waals surface area contributed by atoms with Gasteiger partial charge in [-0.2, -0.15) is 5.10 Å². The smallest absolute Gasteiger partial charge is 0.423 e. The minimum atomic E-state index is -1.91. The highest BCUT2D eigenvalue weighted by atomic mass is 19.2. The second-order valence-corrected chi connectivity index (χ2v) is 4.00. The Morgan fingerprint density at radius 2 is 1.70 bits per heavy atom. The zero-order chi connectivity index (χ0) is 14.5. The van der Waals surface area contributed by atoms with Crippen molar-refractivity contribution >= 4 is 24.5 Å². The van der Waals surface area contributed by atoms with Crippen molar-refractivity contribution in [1.29, 1.82) is 0 Å². The molecule has 0 saturated heterocycles. The highest BCUT2D eigenvalue weighted by Crippen LogP contribution is 2.07. The fourth-order valence-corrected chi connectivity index (χ4v) is 1.60. The third kappa shape index (κ3) is 3.40. The number of para-hydroxylation sites is 1. The summed E-state index contributed by atoms with van der Waals surface area (Å²) >= 11 is 0. The van der Waals surface area contributed by atoms with E-state index in [0.29, 0.717) is 5.69 Å². The molecule has 0 fully saturated rings. The van der Waals surface area contributed by atoms with Gasteiger partial charge in [0.05, 0.1) is 11.9 Å². The number of nitrogens with zero attached hydrogens (tertiary/aromatic N) is 1. The van der Waals surface area contributed by atoms with Gasteiger partial charge in [0.15, 0.2) is 11.6 Å². The monoisotopic (exact) mass is 276 g/mol. The van der Waals surface area contributed by atoms with E-state index in [9.17, 15) is 8.78 Å². The molecule has 2 aromatic rings. The van der Waals surface area contributed by atoms with Crippen LogP contribution in [0.25, 0.3) is 0 Å². The average molecular weight is 276 g/mol. The Labute approximate surface area is 114 Å². The second kappa shape index (κ2) is 6.27. The number of hydrogen-bond donors (Lipinski definition) is 3. The molecule has 3 N–H and O–H groups in total. The van der Waals surface area contributed by atoms with E-state index in [1.165, 1.54) is 6.21 Å². The Morgan fingerprint density at radius 1 is 1.05 bits per heavy atom. The van der Waals surface area contributed by atoms with Crippen LogP contribution in [0.15, 0.2) is 47.6 Å². The van der Waals surface area contributed by atoms with Gasteiger partial charge in [0, 0.05) is 0 Å². The van der Waals surface area contributed by atoms with Crippen LogP contribution in [0.4, 0.5) is 14.5 Å². The molecule has 4 nitrogen and oxygen atoms in total. The van der Waals surface area contributed by atoms with Crippen molar-refractivity contribution < 1.29 is 18.8 Å². The van der Waals surface area contributed by atoms with E-state index < -0.39 is 18.8 Å². The average Bonchev–Trinajstić information content (AvgIpc) is 2.43. The zero-order valence-electron chi connectivity index (χ0n) is 10.3. The molecule has 0 unspecified atom stereocenters. The molecule has 7 heteroatoms. The largest absolute Gasteiger partial charge is 0.489 e. The SMILES string of the molecule is OB(O)c1cc(F)c(F)cc1C=NNc1ccccc1. The van der Waals surface area contributed by atoms with E-state index in [4.69, 9.17) is 10.0 Å². The van der Waals surface area contributed by atoms with Gasteiger partial charge in [0.25, 0.3) is 0 Å². The summed E-state index contributed by atoms with van der Waals surface area (Å²) in [5.41, 5.74) is 3.30. The standard InChI is InChI=1S/C13H11BF2N2O2/c15-12-6-9(11(14(19)20)7-13(12)16)8-17-18-10-4-2-1-3-5-10/h1-8,18-20H. The Balaban J connectivity index is 2.22. The van der Waals surface area contributed by atoms with E-state index in [1.807, 2.05) is 6.07 Å². The lowest BCUT2D eigenvalue weighted by atomic mass is 9.77. The van der Waals surface area contributed by atoms with Gasteiger partial charge in [0.1, 0.15) is 0 Å². The van der Waals surface area contributed by atoms with Gasteiger partial charge in [-0.15, -0.1) is 0 Å². The molecule has 20 heavy (non-hydrogen) atoms. The summed E-state index contributed by atoms with van der Waals surface area (Å²) in [6, 6.07) is 10.6. The third-order valence-electron chi connectivity index (χ3n) is 2.58. The van der Waals surface area contributed by atoms with Gasteiger partial charge in [-0.05, 0) is 35.3 Å². The topological polar surface area (TPSA) is 64.8 Å². The lowest BCUT2D eigenvalue weighted by Crippen LogP contribution is -2.33. The molecular formula is C13H11BF2N2O2. The zero-order valence-corrected chi connectivity index (χ0v) is 10.3. The molecule has 0 radical (unpaired) electrons. The van der Waals surface area contributed by atoms with Gasteiger partial charge in [0.2, 0.25) is 0 Å². The number of anilines is 1. The minimum Gasteiger partial charge on any atom is -0.423 e. The Morgan fingerprint density at radius 3 is 2.35 bits per heavy atom. The molecule has 102 valence electrons. The molecule has 2 rings (SSSR count). The summed E-state index contributed by atoms with van der Waals surface area (Å²) in [6.45, 7) is 0. The molecule has 0 aliphatic carbocycles. The molecule has 0 spiro atoms. The number of halogens is 2. The van der Waals surface area contributed by atoms with Crippen LogP contribution in [0.3, 0.4) is 0 Å². The van der Waals surface area contributed by atoms with Crippen molar-refractivity contribution in [2.45, 2.75) is 0 Å². The third-order valence-corrected chi connectivity index (χ3v) is 2.58. The molecule has 2 aromatic carbocycles. The molecule has 0 aliphatic heterocycles. The summed E-state index contributed by atoms with van der Waals surface area (Å²) in [4.78, 5) is 0. The van der Waals surface area contributed by atoms with E-state index in [2.05, 4.69) is 10.5 Å². The number of hydrazone groups is 1. The van der Waals surface area contributed by atoms with Gasteiger partial charge < -0.3 is 10.0 Å². The van der Waals surface area contributed by atoms with Crippen LogP contribution in [0.2, 0.25) is 0 Å². The van der Waals surface area contributed by atoms with E-state index in [0.717, 1.165) is 12.1 Å². The van der Waals surface area contributed by atoms with E-state index >= 15 is 0 Å². The normalized spacial score (nSPS) is 10.8. The van der Waals surface area contributed by atoms with Gasteiger partial charge in [-0.3, -0.25) is 5.43 Å². The van der Waals surface area contributed by atoms with Crippen molar-refractivity contribution in [3.05, 3.63) is 59.7 Å². The summed E-state index contributed by atoms with van der Waals surface area (Å²) in [6.07, 6.45) is 1.18. The Bertz CT molecular complexity index is 621. The molecule has 0 bridgehead atoms. The van der Waals surface area contributed by atoms with Crippen LogP contribution in [-0.4, -0.2) is 23.4 Å². The number of nitrogens with one attached hydrogen (secondary N) is 1. The maximum atomic E-state index is 13.2. The van der Waals surface area contributed by atoms with Crippen LogP contribution in [0, 0.1) is 11.6 Å². The summed E-state index contributed by atoms with van der Waals surface area (Å²) in [7, 11) is -1.91. The second-order valence-electron chi connectivity index (χ2n) is 4.00. The van der Waals surface area contributed by atoms with Crippen LogP contribution >= 0.6 is 0 Å². The van der Waals surface area contributed by atoms with Gasteiger partial charge >= 0.3 is 7.12 Å². The van der Waals surface area contributed by atoms with E-state index in [1.54, 1.807) is 24.3 Å². The number of rotatable bonds is 4. The predicted octanol–water partition coefficient (Wildman–Crippen LogP) is 1.09. The molecule has 0 aromatic heterocycles. The van der Waals surface area contributed by atoms with Gasteiger partial charge in [-0.1, -0.05) is 18.2 Å². The first-order chi connectivity index (χ1) is 9.58. The highest BCUT2D eigenvalue weighted by molar-refractivity contribution is 6.60. The molecular weight excluding hydrogens is 265 g/mol. The van der Waals surface area contributed by atoms with Crippen molar-refractivity contribution in [2.75, 3.05) is 5.43 Å². The Kier molecular flexibility index (Phi) is 4.44. The maximum Gasteiger partial charge on any atom is 0.489 e. The first kappa shape index (κ1) is 14.2. The molecule has 0 atom stereocenters. The lowest BCUT2D eigenvalue weighted by Gasteiger charge is -2.06. The van der Waals surface area contributed by atoms with Crippen LogP contribution < -0.4 is 10.9 Å². The van der Waals surface area contributed by atoms with Crippen molar-refractivity contribution in [1.82, 2.24) is 0 Å². The number of benzene rings is 2. The quantitative estimate of drug-likeness (QED) is 0.445. The summed E-state index contributed by atoms with van der Waals surface area (Å²) in [5.74, 6) is -2.24. The molecule has 0 aliphatic rings. The first-order valence-corrected chi connectivity index (χ1v) is 5.77. The number of hydrogen-bond acceptors (Lipinski definition) is 4. The fourth-order valence-electron chi connectivity index (χ4n) is 1.60. The van der Waals surface area contributed by atoms with Crippen LogP contribution in [0.5, 0.6) is 0 Å².